The van der Waals surface area contributed by atoms with Gasteiger partial charge < -0.3 is 9.47 Å². The van der Waals surface area contributed by atoms with E-state index in [1.807, 2.05) is 38.1 Å². The Morgan fingerprint density at radius 1 is 1.08 bits per heavy atom. The molecule has 0 aliphatic carbocycles. The minimum absolute atomic E-state index is 0.310. The van der Waals surface area contributed by atoms with Gasteiger partial charge in [-0.3, -0.25) is 0 Å². The van der Waals surface area contributed by atoms with Gasteiger partial charge in [0.15, 0.2) is 0 Å². The van der Waals surface area contributed by atoms with Gasteiger partial charge in [0.1, 0.15) is 11.4 Å². The molecule has 0 aliphatic rings. The van der Waals surface area contributed by atoms with E-state index in [2.05, 4.69) is 29.2 Å². The quantitative estimate of drug-likeness (QED) is 0.254. The van der Waals surface area contributed by atoms with Gasteiger partial charge in [-0.05, 0) is 84.8 Å². The second-order valence-corrected chi connectivity index (χ2v) is 7.42. The topological polar surface area (TPSA) is 52.6 Å². The molecule has 0 amide bonds. The van der Waals surface area contributed by atoms with Crippen LogP contribution >= 0.6 is 22.6 Å². The minimum Gasteiger partial charge on any atom is -0.451 e. The molecule has 0 saturated heterocycles. The van der Waals surface area contributed by atoms with Crippen molar-refractivity contribution < 1.29 is 19.1 Å². The molecule has 0 saturated carbocycles. The van der Waals surface area contributed by atoms with Crippen LogP contribution in [0.2, 0.25) is 0 Å². The van der Waals surface area contributed by atoms with Gasteiger partial charge in [0.2, 0.25) is 0 Å². The summed E-state index contributed by atoms with van der Waals surface area (Å²) < 4.78 is 12.0. The Morgan fingerprint density at radius 3 is 2.15 bits per heavy atom. The molecule has 5 heteroatoms. The van der Waals surface area contributed by atoms with Crippen LogP contribution in [0.5, 0.6) is 5.75 Å². The predicted octanol–water partition coefficient (Wildman–Crippen LogP) is 5.25. The predicted molar refractivity (Wildman–Crippen MR) is 109 cm³/mol. The van der Waals surface area contributed by atoms with E-state index in [1.54, 1.807) is 31.2 Å². The fourth-order valence-electron chi connectivity index (χ4n) is 2.25. The Labute approximate surface area is 167 Å². The summed E-state index contributed by atoms with van der Waals surface area (Å²) in [6, 6.07) is 14.2. The van der Waals surface area contributed by atoms with Crippen molar-refractivity contribution in [3.05, 3.63) is 75.4 Å². The van der Waals surface area contributed by atoms with Gasteiger partial charge >= 0.3 is 11.9 Å². The molecule has 0 aliphatic heterocycles. The summed E-state index contributed by atoms with van der Waals surface area (Å²) in [5.74, 6) is -0.575. The van der Waals surface area contributed by atoms with E-state index in [0.29, 0.717) is 23.3 Å². The molecule has 0 aromatic heterocycles. The van der Waals surface area contributed by atoms with Gasteiger partial charge in [-0.15, -0.1) is 0 Å². The molecule has 0 spiro atoms. The number of benzene rings is 2. The summed E-state index contributed by atoms with van der Waals surface area (Å²) in [5.41, 5.74) is 0.933. The van der Waals surface area contributed by atoms with Crippen LogP contribution in [0.25, 0.3) is 0 Å². The Morgan fingerprint density at radius 2 is 1.65 bits per heavy atom. The highest BCUT2D eigenvalue weighted by atomic mass is 127. The van der Waals surface area contributed by atoms with Crippen LogP contribution in [0.15, 0.2) is 60.7 Å². The van der Waals surface area contributed by atoms with Crippen LogP contribution in [-0.2, 0) is 15.1 Å². The van der Waals surface area contributed by atoms with Crippen LogP contribution in [0.1, 0.15) is 43.1 Å². The Balaban J connectivity index is 2.13. The molecule has 1 atom stereocenters. The molecule has 2 aromatic carbocycles. The van der Waals surface area contributed by atoms with Gasteiger partial charge in [0.05, 0.1) is 5.56 Å². The Hall–Kier alpha value is -2.15. The Kier molecular flexibility index (Phi) is 6.58. The molecule has 0 N–H and O–H groups in total. The number of halogens is 1. The monoisotopic (exact) mass is 464 g/mol. The summed E-state index contributed by atoms with van der Waals surface area (Å²) in [7, 11) is 0. The minimum atomic E-state index is -0.716. The van der Waals surface area contributed by atoms with Crippen LogP contribution in [0.3, 0.4) is 0 Å². The maximum Gasteiger partial charge on any atom is 0.339 e. The average Bonchev–Trinajstić information content (AvgIpc) is 2.62. The number of hydrogen-bond donors (Lipinski definition) is 0. The maximum absolute atomic E-state index is 12.6. The highest BCUT2D eigenvalue weighted by Gasteiger charge is 2.29. The number of hydrogen-bond acceptors (Lipinski definition) is 4. The van der Waals surface area contributed by atoms with Crippen molar-refractivity contribution in [3.8, 4) is 5.75 Å². The second kappa shape index (κ2) is 8.49. The molecule has 4 nitrogen and oxygen atoms in total. The van der Waals surface area contributed by atoms with Crippen molar-refractivity contribution >= 4 is 34.5 Å². The molecule has 2 rings (SSSR count). The standard InChI is InChI=1S/C21H21IO4/c1-5-21(4,16-8-10-17(22)11-9-16)26-20(24)15-6-12-18(13-7-15)25-19(23)14(2)3/h6-13H,2,5H2,1,3-4H3. The molecule has 136 valence electrons. The van der Waals surface area contributed by atoms with Gasteiger partial charge in [0.25, 0.3) is 0 Å². The van der Waals surface area contributed by atoms with Crippen molar-refractivity contribution in [2.45, 2.75) is 32.8 Å². The molecule has 0 fully saturated rings. The third kappa shape index (κ3) is 4.94. The zero-order valence-electron chi connectivity index (χ0n) is 15.0. The smallest absolute Gasteiger partial charge is 0.339 e. The van der Waals surface area contributed by atoms with Crippen molar-refractivity contribution in [1.29, 1.82) is 0 Å². The highest BCUT2D eigenvalue weighted by molar-refractivity contribution is 14.1. The SMILES string of the molecule is C=C(C)C(=O)Oc1ccc(C(=O)OC(C)(CC)c2ccc(I)cc2)cc1. The Bertz CT molecular complexity index is 809. The molecular formula is C21H21IO4. The van der Waals surface area contributed by atoms with Gasteiger partial charge in [-0.1, -0.05) is 25.6 Å². The van der Waals surface area contributed by atoms with Gasteiger partial charge in [-0.25, -0.2) is 9.59 Å². The van der Waals surface area contributed by atoms with E-state index >= 15 is 0 Å². The van der Waals surface area contributed by atoms with E-state index in [1.165, 1.54) is 0 Å². The zero-order valence-corrected chi connectivity index (χ0v) is 17.2. The first-order valence-electron chi connectivity index (χ1n) is 8.22. The van der Waals surface area contributed by atoms with Crippen molar-refractivity contribution in [1.82, 2.24) is 0 Å². The first kappa shape index (κ1) is 20.2. The summed E-state index contributed by atoms with van der Waals surface area (Å²) in [6.45, 7) is 8.98. The van der Waals surface area contributed by atoms with Crippen LogP contribution in [0, 0.1) is 3.57 Å². The molecular weight excluding hydrogens is 443 g/mol. The fraction of sp³-hybridized carbons (Fsp3) is 0.238. The lowest BCUT2D eigenvalue weighted by Crippen LogP contribution is -2.28. The summed E-state index contributed by atoms with van der Waals surface area (Å²) >= 11 is 2.24. The molecule has 2 aromatic rings. The normalized spacial score (nSPS) is 12.8. The van der Waals surface area contributed by atoms with Crippen LogP contribution in [-0.4, -0.2) is 11.9 Å². The number of carbonyl (C=O) groups excluding carboxylic acids is 2. The highest BCUT2D eigenvalue weighted by Crippen LogP contribution is 2.30. The first-order chi connectivity index (χ1) is 12.2. The summed E-state index contributed by atoms with van der Waals surface area (Å²) in [4.78, 5) is 24.1. The fourth-order valence-corrected chi connectivity index (χ4v) is 2.61. The molecule has 0 heterocycles. The number of carbonyl (C=O) groups is 2. The van der Waals surface area contributed by atoms with E-state index < -0.39 is 17.5 Å². The lowest BCUT2D eigenvalue weighted by atomic mass is 9.93. The van der Waals surface area contributed by atoms with Gasteiger partial charge in [-0.2, -0.15) is 0 Å². The lowest BCUT2D eigenvalue weighted by Gasteiger charge is -2.29. The average molecular weight is 464 g/mol. The van der Waals surface area contributed by atoms with E-state index in [-0.39, 0.29) is 0 Å². The lowest BCUT2D eigenvalue weighted by molar-refractivity contribution is -0.130. The summed E-state index contributed by atoms with van der Waals surface area (Å²) in [5, 5.41) is 0. The maximum atomic E-state index is 12.6. The van der Waals surface area contributed by atoms with Crippen molar-refractivity contribution in [2.75, 3.05) is 0 Å². The summed E-state index contributed by atoms with van der Waals surface area (Å²) in [6.07, 6.45) is 0.646. The van der Waals surface area contributed by atoms with Crippen LogP contribution < -0.4 is 4.74 Å². The van der Waals surface area contributed by atoms with Crippen molar-refractivity contribution in [3.63, 3.8) is 0 Å². The number of rotatable bonds is 6. The second-order valence-electron chi connectivity index (χ2n) is 6.18. The van der Waals surface area contributed by atoms with Crippen LogP contribution in [0.4, 0.5) is 0 Å². The van der Waals surface area contributed by atoms with E-state index in [9.17, 15) is 9.59 Å². The molecule has 26 heavy (non-hydrogen) atoms. The van der Waals surface area contributed by atoms with E-state index in [0.717, 1.165) is 9.13 Å². The first-order valence-corrected chi connectivity index (χ1v) is 9.30. The molecule has 0 radical (unpaired) electrons. The third-order valence-electron chi connectivity index (χ3n) is 4.10. The van der Waals surface area contributed by atoms with E-state index in [4.69, 9.17) is 9.47 Å². The molecule has 1 unspecified atom stereocenters. The molecule has 0 bridgehead atoms. The van der Waals surface area contributed by atoms with Gasteiger partial charge in [0, 0.05) is 9.14 Å². The van der Waals surface area contributed by atoms with Crippen molar-refractivity contribution in [2.24, 2.45) is 0 Å². The zero-order chi connectivity index (χ0) is 19.3. The number of esters is 2. The largest absolute Gasteiger partial charge is 0.451 e. The number of ether oxygens (including phenoxy) is 2. The third-order valence-corrected chi connectivity index (χ3v) is 4.82.